The summed E-state index contributed by atoms with van der Waals surface area (Å²) in [5.74, 6) is -0.946. The molecule has 2 fully saturated rings. The van der Waals surface area contributed by atoms with Crippen LogP contribution in [0.15, 0.2) is 36.4 Å². The Hall–Kier alpha value is -2.51. The van der Waals surface area contributed by atoms with Crippen molar-refractivity contribution in [2.45, 2.75) is 25.8 Å². The summed E-state index contributed by atoms with van der Waals surface area (Å²) < 4.78 is 5.36. The van der Waals surface area contributed by atoms with Crippen molar-refractivity contribution in [1.82, 2.24) is 9.80 Å². The lowest BCUT2D eigenvalue weighted by molar-refractivity contribution is -0.140. The minimum Gasteiger partial charge on any atom is -0.379 e. The maximum atomic E-state index is 12.4. The van der Waals surface area contributed by atoms with Gasteiger partial charge in [0, 0.05) is 38.3 Å². The maximum absolute atomic E-state index is 12.4. The molecule has 0 spiro atoms. The third kappa shape index (κ3) is 4.57. The smallest absolute Gasteiger partial charge is 0.233 e. The third-order valence-electron chi connectivity index (χ3n) is 5.91. The Morgan fingerprint density at radius 2 is 1.62 bits per heavy atom. The zero-order valence-corrected chi connectivity index (χ0v) is 16.5. The van der Waals surface area contributed by atoms with E-state index in [1.54, 1.807) is 0 Å². The lowest BCUT2D eigenvalue weighted by Gasteiger charge is -2.26. The highest BCUT2D eigenvalue weighted by atomic mass is 16.5. The molecule has 7 nitrogen and oxygen atoms in total. The van der Waals surface area contributed by atoms with Gasteiger partial charge in [0.15, 0.2) is 0 Å². The number of nitrogens with one attached hydrogen (secondary N) is 1. The van der Waals surface area contributed by atoms with Gasteiger partial charge in [-0.3, -0.25) is 24.2 Å². The molecule has 7 heteroatoms. The molecule has 0 unspecified atom stereocenters. The summed E-state index contributed by atoms with van der Waals surface area (Å²) in [5.41, 5.74) is 1.91. The summed E-state index contributed by atoms with van der Waals surface area (Å²) in [6.07, 6.45) is 5.28. The van der Waals surface area contributed by atoms with Crippen LogP contribution < -0.4 is 5.32 Å². The Kier molecular flexibility index (Phi) is 6.06. The number of amides is 3. The molecule has 1 aliphatic carbocycles. The Morgan fingerprint density at radius 3 is 2.24 bits per heavy atom. The van der Waals surface area contributed by atoms with Crippen molar-refractivity contribution in [2.24, 2.45) is 11.8 Å². The maximum Gasteiger partial charge on any atom is 0.233 e. The summed E-state index contributed by atoms with van der Waals surface area (Å²) in [6, 6.07) is 7.80. The zero-order chi connectivity index (χ0) is 20.2. The van der Waals surface area contributed by atoms with E-state index in [-0.39, 0.29) is 42.5 Å². The highest BCUT2D eigenvalue weighted by molar-refractivity contribution is 6.05. The van der Waals surface area contributed by atoms with Gasteiger partial charge in [-0.1, -0.05) is 24.3 Å². The normalized spacial score (nSPS) is 24.6. The number of rotatable bonds is 6. The van der Waals surface area contributed by atoms with Crippen molar-refractivity contribution in [1.29, 1.82) is 0 Å². The molecule has 3 amide bonds. The van der Waals surface area contributed by atoms with Gasteiger partial charge in [0.1, 0.15) is 0 Å². The number of fused-ring (bicyclic) bond motifs is 1. The molecule has 1 aromatic carbocycles. The van der Waals surface area contributed by atoms with Crippen LogP contribution in [0.1, 0.15) is 24.8 Å². The quantitative estimate of drug-likeness (QED) is 0.585. The van der Waals surface area contributed by atoms with Gasteiger partial charge in [0.2, 0.25) is 17.7 Å². The number of likely N-dealkylation sites (tertiary alicyclic amines) is 1. The number of benzene rings is 1. The monoisotopic (exact) mass is 397 g/mol. The first-order valence-electron chi connectivity index (χ1n) is 10.3. The third-order valence-corrected chi connectivity index (χ3v) is 5.91. The molecule has 0 radical (unpaired) electrons. The van der Waals surface area contributed by atoms with E-state index < -0.39 is 0 Å². The van der Waals surface area contributed by atoms with E-state index in [9.17, 15) is 14.4 Å². The standard InChI is InChI=1S/C22H27N3O4/c26-20(9-10-25-21(27)18-3-1-2-4-19(18)22(25)28)23-17-7-5-16(6-8-17)15-24-11-13-29-14-12-24/h1-2,5-8,18-19H,3-4,9-15H2,(H,23,26)/t18-,19-/m0/s1. The van der Waals surface area contributed by atoms with Crippen molar-refractivity contribution in [3.63, 3.8) is 0 Å². The lowest BCUT2D eigenvalue weighted by Crippen LogP contribution is -2.35. The fourth-order valence-corrected chi connectivity index (χ4v) is 4.24. The number of imide groups is 1. The molecule has 1 N–H and O–H groups in total. The van der Waals surface area contributed by atoms with Gasteiger partial charge >= 0.3 is 0 Å². The topological polar surface area (TPSA) is 79.0 Å². The van der Waals surface area contributed by atoms with Gasteiger partial charge in [0.25, 0.3) is 0 Å². The number of nitrogens with zero attached hydrogens (tertiary/aromatic N) is 2. The van der Waals surface area contributed by atoms with Crippen LogP contribution >= 0.6 is 0 Å². The molecule has 4 rings (SSSR count). The van der Waals surface area contributed by atoms with Gasteiger partial charge in [-0.15, -0.1) is 0 Å². The van der Waals surface area contributed by atoms with Crippen LogP contribution in [0.25, 0.3) is 0 Å². The molecule has 2 atom stereocenters. The largest absolute Gasteiger partial charge is 0.379 e. The van der Waals surface area contributed by atoms with Crippen LogP contribution in [0.3, 0.4) is 0 Å². The van der Waals surface area contributed by atoms with Gasteiger partial charge in [0.05, 0.1) is 25.0 Å². The number of hydrogen-bond acceptors (Lipinski definition) is 5. The van der Waals surface area contributed by atoms with E-state index in [0.717, 1.165) is 38.5 Å². The molecule has 2 saturated heterocycles. The first-order valence-corrected chi connectivity index (χ1v) is 10.3. The number of ether oxygens (including phenoxy) is 1. The van der Waals surface area contributed by atoms with E-state index in [4.69, 9.17) is 4.74 Å². The van der Waals surface area contributed by atoms with Crippen LogP contribution in [-0.2, 0) is 25.7 Å². The van der Waals surface area contributed by atoms with Gasteiger partial charge in [-0.2, -0.15) is 0 Å². The highest BCUT2D eigenvalue weighted by Crippen LogP contribution is 2.35. The summed E-state index contributed by atoms with van der Waals surface area (Å²) >= 11 is 0. The van der Waals surface area contributed by atoms with E-state index in [2.05, 4.69) is 10.2 Å². The highest BCUT2D eigenvalue weighted by Gasteiger charge is 2.46. The van der Waals surface area contributed by atoms with Crippen molar-refractivity contribution < 1.29 is 19.1 Å². The van der Waals surface area contributed by atoms with E-state index in [1.165, 1.54) is 10.5 Å². The summed E-state index contributed by atoms with van der Waals surface area (Å²) in [6.45, 7) is 4.43. The number of morpholine rings is 1. The molecule has 1 aromatic rings. The van der Waals surface area contributed by atoms with Crippen LogP contribution in [0.2, 0.25) is 0 Å². The van der Waals surface area contributed by atoms with E-state index in [0.29, 0.717) is 12.8 Å². The van der Waals surface area contributed by atoms with Crippen LogP contribution in [-0.4, -0.2) is 60.4 Å². The molecule has 29 heavy (non-hydrogen) atoms. The number of carbonyl (C=O) groups excluding carboxylic acids is 3. The number of hydrogen-bond donors (Lipinski definition) is 1. The summed E-state index contributed by atoms with van der Waals surface area (Å²) in [7, 11) is 0. The Labute approximate surface area is 170 Å². The Bertz CT molecular complexity index is 773. The first kappa shape index (κ1) is 19.8. The zero-order valence-electron chi connectivity index (χ0n) is 16.5. The predicted molar refractivity (Wildman–Crippen MR) is 108 cm³/mol. The van der Waals surface area contributed by atoms with Crippen LogP contribution in [0.5, 0.6) is 0 Å². The lowest BCUT2D eigenvalue weighted by atomic mass is 9.85. The van der Waals surface area contributed by atoms with Crippen LogP contribution in [0.4, 0.5) is 5.69 Å². The molecule has 2 aliphatic heterocycles. The number of anilines is 1. The minimum absolute atomic E-state index is 0.111. The summed E-state index contributed by atoms with van der Waals surface area (Å²) in [5, 5.41) is 2.85. The van der Waals surface area contributed by atoms with E-state index in [1.807, 2.05) is 36.4 Å². The second-order valence-corrected chi connectivity index (χ2v) is 7.87. The fraction of sp³-hybridized carbons (Fsp3) is 0.500. The number of allylic oxidation sites excluding steroid dienone is 2. The molecule has 3 aliphatic rings. The molecular formula is C22H27N3O4. The van der Waals surface area contributed by atoms with Gasteiger partial charge in [-0.25, -0.2) is 0 Å². The van der Waals surface area contributed by atoms with Crippen molar-refractivity contribution in [2.75, 3.05) is 38.2 Å². The second-order valence-electron chi connectivity index (χ2n) is 7.87. The molecule has 0 aromatic heterocycles. The molecule has 154 valence electrons. The molecule has 0 saturated carbocycles. The molecular weight excluding hydrogens is 370 g/mol. The molecule has 2 heterocycles. The van der Waals surface area contributed by atoms with Crippen LogP contribution in [0, 0.1) is 11.8 Å². The second kappa shape index (κ2) is 8.88. The SMILES string of the molecule is O=C(CCN1C(=O)[C@H]2CC=CC[C@@H]2C1=O)Nc1ccc(CN2CCOCC2)cc1. The Morgan fingerprint density at radius 1 is 1.00 bits per heavy atom. The fourth-order valence-electron chi connectivity index (χ4n) is 4.24. The number of carbonyl (C=O) groups is 3. The molecule has 0 bridgehead atoms. The minimum atomic E-state index is -0.241. The van der Waals surface area contributed by atoms with Crippen molar-refractivity contribution >= 4 is 23.4 Å². The average Bonchev–Trinajstić information content (AvgIpc) is 2.99. The average molecular weight is 397 g/mol. The Balaban J connectivity index is 1.25. The van der Waals surface area contributed by atoms with E-state index >= 15 is 0 Å². The van der Waals surface area contributed by atoms with Gasteiger partial charge in [-0.05, 0) is 30.5 Å². The van der Waals surface area contributed by atoms with Crippen molar-refractivity contribution in [3.8, 4) is 0 Å². The summed E-state index contributed by atoms with van der Waals surface area (Å²) in [4.78, 5) is 40.8. The van der Waals surface area contributed by atoms with Gasteiger partial charge < -0.3 is 10.1 Å². The predicted octanol–water partition coefficient (Wildman–Crippen LogP) is 1.80. The first-order chi connectivity index (χ1) is 14.1. The van der Waals surface area contributed by atoms with Crippen molar-refractivity contribution in [3.05, 3.63) is 42.0 Å².